The highest BCUT2D eigenvalue weighted by Crippen LogP contribution is 2.36. The molecule has 4 rings (SSSR count). The summed E-state index contributed by atoms with van der Waals surface area (Å²) in [6, 6.07) is 3.34. The minimum absolute atomic E-state index is 0.0809. The van der Waals surface area contributed by atoms with Crippen LogP contribution in [0.4, 0.5) is 0 Å². The van der Waals surface area contributed by atoms with Crippen molar-refractivity contribution < 1.29 is 4.79 Å². The van der Waals surface area contributed by atoms with Gasteiger partial charge in [0.15, 0.2) is 0 Å². The molecular weight excluding hydrogens is 280 g/mol. The van der Waals surface area contributed by atoms with E-state index in [1.165, 1.54) is 44.1 Å². The van der Waals surface area contributed by atoms with Crippen molar-refractivity contribution in [3.63, 3.8) is 0 Å². The first-order valence-electron chi connectivity index (χ1n) is 8.39. The van der Waals surface area contributed by atoms with Crippen molar-refractivity contribution in [1.29, 1.82) is 0 Å². The lowest BCUT2D eigenvalue weighted by Gasteiger charge is -2.26. The summed E-state index contributed by atoms with van der Waals surface area (Å²) in [4.78, 5) is 15.1. The Morgan fingerprint density at radius 1 is 1.29 bits per heavy atom. The van der Waals surface area contributed by atoms with Crippen LogP contribution in [0.3, 0.4) is 0 Å². The van der Waals surface area contributed by atoms with Crippen LogP contribution < -0.4 is 5.32 Å². The molecule has 1 aliphatic heterocycles. The standard InChI is InChI=1S/C17H24N2OS/c20-17(16-9-13-3-1-2-4-15(13)18-16)19(14-5-6-14)10-12-7-8-21-11-12/h7-8,11,13-16,18H,1-6,9-10H2. The largest absolute Gasteiger partial charge is 0.334 e. The summed E-state index contributed by atoms with van der Waals surface area (Å²) in [5.41, 5.74) is 1.29. The van der Waals surface area contributed by atoms with Crippen LogP contribution in [0, 0.1) is 5.92 Å². The molecule has 2 heterocycles. The second-order valence-electron chi connectivity index (χ2n) is 6.93. The van der Waals surface area contributed by atoms with E-state index < -0.39 is 0 Å². The van der Waals surface area contributed by atoms with Gasteiger partial charge in [-0.3, -0.25) is 4.79 Å². The molecule has 1 saturated heterocycles. The Balaban J connectivity index is 1.44. The predicted molar refractivity (Wildman–Crippen MR) is 85.2 cm³/mol. The molecule has 3 aliphatic rings. The van der Waals surface area contributed by atoms with Crippen molar-refractivity contribution >= 4 is 17.2 Å². The minimum Gasteiger partial charge on any atom is -0.334 e. The van der Waals surface area contributed by atoms with Gasteiger partial charge in [-0.25, -0.2) is 0 Å². The quantitative estimate of drug-likeness (QED) is 0.926. The number of nitrogens with one attached hydrogen (secondary N) is 1. The van der Waals surface area contributed by atoms with Crippen LogP contribution in [-0.2, 0) is 11.3 Å². The fourth-order valence-corrected chi connectivity index (χ4v) is 4.72. The van der Waals surface area contributed by atoms with Crippen LogP contribution in [-0.4, -0.2) is 28.9 Å². The van der Waals surface area contributed by atoms with Gasteiger partial charge in [-0.05, 0) is 60.4 Å². The van der Waals surface area contributed by atoms with Gasteiger partial charge < -0.3 is 10.2 Å². The topological polar surface area (TPSA) is 32.3 Å². The molecule has 1 amide bonds. The molecule has 114 valence electrons. The van der Waals surface area contributed by atoms with Crippen LogP contribution in [0.5, 0.6) is 0 Å². The van der Waals surface area contributed by atoms with Crippen LogP contribution in [0.1, 0.15) is 50.5 Å². The molecule has 2 aliphatic carbocycles. The first-order valence-corrected chi connectivity index (χ1v) is 9.33. The normalized spacial score (nSPS) is 31.9. The second-order valence-corrected chi connectivity index (χ2v) is 7.71. The van der Waals surface area contributed by atoms with Gasteiger partial charge in [0, 0.05) is 18.6 Å². The molecule has 21 heavy (non-hydrogen) atoms. The maximum atomic E-state index is 13.0. The van der Waals surface area contributed by atoms with Crippen molar-refractivity contribution in [2.24, 2.45) is 5.92 Å². The lowest BCUT2D eigenvalue weighted by Crippen LogP contribution is -2.46. The van der Waals surface area contributed by atoms with E-state index in [0.717, 1.165) is 18.9 Å². The van der Waals surface area contributed by atoms with Crippen molar-refractivity contribution in [3.05, 3.63) is 22.4 Å². The molecule has 2 saturated carbocycles. The van der Waals surface area contributed by atoms with E-state index in [4.69, 9.17) is 0 Å². The molecule has 3 unspecified atom stereocenters. The van der Waals surface area contributed by atoms with Crippen LogP contribution in [0.15, 0.2) is 16.8 Å². The SMILES string of the molecule is O=C(C1CC2CCCCC2N1)N(Cc1ccsc1)C1CC1. The molecule has 3 fully saturated rings. The average molecular weight is 304 g/mol. The smallest absolute Gasteiger partial charge is 0.240 e. The number of carbonyl (C=O) groups excluding carboxylic acids is 1. The zero-order valence-electron chi connectivity index (χ0n) is 12.5. The summed E-state index contributed by atoms with van der Waals surface area (Å²) < 4.78 is 0. The van der Waals surface area contributed by atoms with E-state index in [2.05, 4.69) is 27.0 Å². The van der Waals surface area contributed by atoms with E-state index in [-0.39, 0.29) is 6.04 Å². The van der Waals surface area contributed by atoms with Gasteiger partial charge in [-0.15, -0.1) is 0 Å². The molecule has 3 atom stereocenters. The average Bonchev–Trinajstić information content (AvgIpc) is 3.04. The third kappa shape index (κ3) is 2.88. The molecule has 0 aromatic carbocycles. The molecule has 0 bridgehead atoms. The molecule has 3 nitrogen and oxygen atoms in total. The summed E-state index contributed by atoms with van der Waals surface area (Å²) in [7, 11) is 0. The summed E-state index contributed by atoms with van der Waals surface area (Å²) in [5, 5.41) is 7.92. The minimum atomic E-state index is 0.0809. The third-order valence-corrected chi connectivity index (χ3v) is 6.10. The van der Waals surface area contributed by atoms with Crippen molar-refractivity contribution in [2.75, 3.05) is 0 Å². The zero-order chi connectivity index (χ0) is 14.2. The first kappa shape index (κ1) is 13.8. The Morgan fingerprint density at radius 3 is 2.86 bits per heavy atom. The van der Waals surface area contributed by atoms with E-state index in [9.17, 15) is 4.79 Å². The third-order valence-electron chi connectivity index (χ3n) is 5.36. The Hall–Kier alpha value is -0.870. The molecule has 4 heteroatoms. The van der Waals surface area contributed by atoms with Crippen molar-refractivity contribution in [3.8, 4) is 0 Å². The van der Waals surface area contributed by atoms with Crippen molar-refractivity contribution in [1.82, 2.24) is 10.2 Å². The molecule has 1 aromatic rings. The summed E-state index contributed by atoms with van der Waals surface area (Å²) >= 11 is 1.72. The predicted octanol–water partition coefficient (Wildman–Crippen LogP) is 3.16. The first-order chi connectivity index (χ1) is 10.3. The van der Waals surface area contributed by atoms with Gasteiger partial charge in [-0.2, -0.15) is 11.3 Å². The van der Waals surface area contributed by atoms with E-state index >= 15 is 0 Å². The van der Waals surface area contributed by atoms with Crippen LogP contribution in [0.2, 0.25) is 0 Å². The van der Waals surface area contributed by atoms with Crippen molar-refractivity contribution in [2.45, 2.75) is 69.6 Å². The number of rotatable bonds is 4. The van der Waals surface area contributed by atoms with Gasteiger partial charge in [0.25, 0.3) is 0 Å². The van der Waals surface area contributed by atoms with Crippen LogP contribution in [0.25, 0.3) is 0 Å². The lowest BCUT2D eigenvalue weighted by molar-refractivity contribution is -0.134. The van der Waals surface area contributed by atoms with Gasteiger partial charge >= 0.3 is 0 Å². The highest BCUT2D eigenvalue weighted by atomic mass is 32.1. The van der Waals surface area contributed by atoms with E-state index in [0.29, 0.717) is 18.0 Å². The monoisotopic (exact) mass is 304 g/mol. The molecular formula is C17H24N2OS. The molecule has 0 radical (unpaired) electrons. The summed E-state index contributed by atoms with van der Waals surface area (Å²) in [6.45, 7) is 0.806. The van der Waals surface area contributed by atoms with Gasteiger partial charge in [-0.1, -0.05) is 12.8 Å². The lowest BCUT2D eigenvalue weighted by atomic mass is 9.85. The Morgan fingerprint density at radius 2 is 2.14 bits per heavy atom. The number of nitrogens with zero attached hydrogens (tertiary/aromatic N) is 1. The highest BCUT2D eigenvalue weighted by molar-refractivity contribution is 7.07. The Labute approximate surface area is 130 Å². The van der Waals surface area contributed by atoms with E-state index in [1.54, 1.807) is 11.3 Å². The van der Waals surface area contributed by atoms with Gasteiger partial charge in [0.1, 0.15) is 0 Å². The number of hydrogen-bond acceptors (Lipinski definition) is 3. The molecule has 0 spiro atoms. The fraction of sp³-hybridized carbons (Fsp3) is 0.706. The van der Waals surface area contributed by atoms with Gasteiger partial charge in [0.05, 0.1) is 6.04 Å². The second kappa shape index (κ2) is 5.73. The zero-order valence-corrected chi connectivity index (χ0v) is 13.3. The van der Waals surface area contributed by atoms with Gasteiger partial charge in [0.2, 0.25) is 5.91 Å². The Kier molecular flexibility index (Phi) is 3.76. The summed E-state index contributed by atoms with van der Waals surface area (Å²) in [5.74, 6) is 1.10. The fourth-order valence-electron chi connectivity index (χ4n) is 4.06. The maximum absolute atomic E-state index is 13.0. The number of thiophene rings is 1. The number of fused-ring (bicyclic) bond motifs is 1. The number of amides is 1. The highest BCUT2D eigenvalue weighted by Gasteiger charge is 2.42. The number of hydrogen-bond donors (Lipinski definition) is 1. The molecule has 1 N–H and O–H groups in total. The number of carbonyl (C=O) groups is 1. The summed E-state index contributed by atoms with van der Waals surface area (Å²) in [6.07, 6.45) is 8.71. The Bertz CT molecular complexity index is 483. The molecule has 1 aromatic heterocycles. The van der Waals surface area contributed by atoms with E-state index in [1.807, 2.05) is 0 Å². The van der Waals surface area contributed by atoms with Crippen LogP contribution >= 0.6 is 11.3 Å². The maximum Gasteiger partial charge on any atom is 0.240 e.